The van der Waals surface area contributed by atoms with Crippen LogP contribution in [0.2, 0.25) is 0 Å². The van der Waals surface area contributed by atoms with Crippen LogP contribution in [0.5, 0.6) is 0 Å². The van der Waals surface area contributed by atoms with Gasteiger partial charge in [0.15, 0.2) is 6.61 Å². The number of carbonyl (C=O) groups excluding carboxylic acids is 4. The van der Waals surface area contributed by atoms with Gasteiger partial charge in [0.05, 0.1) is 16.8 Å². The first-order chi connectivity index (χ1) is 13.5. The van der Waals surface area contributed by atoms with E-state index in [9.17, 15) is 23.6 Å². The predicted molar refractivity (Wildman–Crippen MR) is 97.0 cm³/mol. The van der Waals surface area contributed by atoms with Crippen LogP contribution in [0.4, 0.5) is 10.1 Å². The summed E-state index contributed by atoms with van der Waals surface area (Å²) in [5.41, 5.74) is 0.689. The number of rotatable bonds is 7. The van der Waals surface area contributed by atoms with Gasteiger partial charge >= 0.3 is 5.97 Å². The number of hydrogen-bond donors (Lipinski definition) is 1. The molecule has 2 aromatic carbocycles. The number of amides is 3. The highest BCUT2D eigenvalue weighted by Crippen LogP contribution is 2.22. The van der Waals surface area contributed by atoms with Crippen LogP contribution in [0.15, 0.2) is 48.5 Å². The van der Waals surface area contributed by atoms with Crippen molar-refractivity contribution in [3.8, 4) is 0 Å². The van der Waals surface area contributed by atoms with E-state index in [-0.39, 0.29) is 25.1 Å². The molecule has 0 unspecified atom stereocenters. The van der Waals surface area contributed by atoms with Crippen LogP contribution >= 0.6 is 0 Å². The van der Waals surface area contributed by atoms with Crippen LogP contribution in [0.25, 0.3) is 0 Å². The number of para-hydroxylation sites is 1. The van der Waals surface area contributed by atoms with E-state index < -0.39 is 36.1 Å². The molecule has 28 heavy (non-hydrogen) atoms. The number of anilines is 1. The summed E-state index contributed by atoms with van der Waals surface area (Å²) in [6, 6.07) is 12.1. The lowest BCUT2D eigenvalue weighted by Gasteiger charge is -2.13. The molecule has 144 valence electrons. The molecule has 3 rings (SSSR count). The van der Waals surface area contributed by atoms with E-state index in [4.69, 9.17) is 4.74 Å². The number of fused-ring (bicyclic) bond motifs is 1. The van der Waals surface area contributed by atoms with Crippen LogP contribution in [-0.2, 0) is 14.3 Å². The van der Waals surface area contributed by atoms with Gasteiger partial charge in [-0.1, -0.05) is 24.3 Å². The third-order valence-corrected chi connectivity index (χ3v) is 4.15. The molecule has 0 atom stereocenters. The van der Waals surface area contributed by atoms with Crippen LogP contribution in [0.3, 0.4) is 0 Å². The van der Waals surface area contributed by atoms with Gasteiger partial charge in [-0.3, -0.25) is 24.1 Å². The standard InChI is InChI=1S/C20H17FN2O5/c21-15-8-3-4-9-16(15)22-17(24)12-28-18(25)10-5-11-23-19(26)13-6-1-2-7-14(13)20(23)27/h1-4,6-9H,5,10-12H2,(H,22,24). The summed E-state index contributed by atoms with van der Waals surface area (Å²) in [4.78, 5) is 49.0. The zero-order valence-electron chi connectivity index (χ0n) is 14.8. The summed E-state index contributed by atoms with van der Waals surface area (Å²) in [5.74, 6) is -2.70. The Morgan fingerprint density at radius 1 is 0.964 bits per heavy atom. The average molecular weight is 384 g/mol. The highest BCUT2D eigenvalue weighted by atomic mass is 19.1. The first-order valence-electron chi connectivity index (χ1n) is 8.62. The molecule has 8 heteroatoms. The van der Waals surface area contributed by atoms with Crippen molar-refractivity contribution >= 4 is 29.4 Å². The topological polar surface area (TPSA) is 92.8 Å². The number of imide groups is 1. The maximum absolute atomic E-state index is 13.4. The fourth-order valence-corrected chi connectivity index (χ4v) is 2.79. The lowest BCUT2D eigenvalue weighted by atomic mass is 10.1. The third kappa shape index (κ3) is 4.22. The number of esters is 1. The van der Waals surface area contributed by atoms with Crippen molar-refractivity contribution in [1.82, 2.24) is 4.90 Å². The second kappa shape index (κ2) is 8.43. The zero-order chi connectivity index (χ0) is 20.1. The number of carbonyl (C=O) groups is 4. The lowest BCUT2D eigenvalue weighted by molar-refractivity contribution is -0.147. The van der Waals surface area contributed by atoms with Crippen LogP contribution in [0.1, 0.15) is 33.6 Å². The predicted octanol–water partition coefficient (Wildman–Crippen LogP) is 2.38. The number of nitrogens with zero attached hydrogens (tertiary/aromatic N) is 1. The molecule has 1 N–H and O–H groups in total. The van der Waals surface area contributed by atoms with Gasteiger partial charge in [0.1, 0.15) is 5.82 Å². The molecule has 0 aromatic heterocycles. The number of hydrogen-bond acceptors (Lipinski definition) is 5. The van der Waals surface area contributed by atoms with Gasteiger partial charge in [-0.2, -0.15) is 0 Å². The van der Waals surface area contributed by atoms with E-state index in [1.165, 1.54) is 18.2 Å². The van der Waals surface area contributed by atoms with Gasteiger partial charge in [0, 0.05) is 13.0 Å². The van der Waals surface area contributed by atoms with E-state index in [1.807, 2.05) is 0 Å². The Hall–Kier alpha value is -3.55. The van der Waals surface area contributed by atoms with Crippen molar-refractivity contribution in [1.29, 1.82) is 0 Å². The first-order valence-corrected chi connectivity index (χ1v) is 8.62. The second-order valence-electron chi connectivity index (χ2n) is 6.10. The van der Waals surface area contributed by atoms with Crippen LogP contribution in [-0.4, -0.2) is 41.7 Å². The molecule has 0 saturated carbocycles. The number of ether oxygens (including phenoxy) is 1. The summed E-state index contributed by atoms with van der Waals surface area (Å²) >= 11 is 0. The summed E-state index contributed by atoms with van der Waals surface area (Å²) in [6.07, 6.45) is 0.139. The Kier molecular flexibility index (Phi) is 5.78. The molecule has 0 saturated heterocycles. The Morgan fingerprint density at radius 2 is 1.57 bits per heavy atom. The Morgan fingerprint density at radius 3 is 2.21 bits per heavy atom. The molecule has 1 heterocycles. The average Bonchev–Trinajstić information content (AvgIpc) is 2.93. The van der Waals surface area contributed by atoms with Crippen molar-refractivity contribution in [3.63, 3.8) is 0 Å². The molecule has 1 aliphatic heterocycles. The highest BCUT2D eigenvalue weighted by molar-refractivity contribution is 6.21. The lowest BCUT2D eigenvalue weighted by Crippen LogP contribution is -2.31. The zero-order valence-corrected chi connectivity index (χ0v) is 14.8. The van der Waals surface area contributed by atoms with Crippen molar-refractivity contribution in [3.05, 3.63) is 65.5 Å². The fourth-order valence-electron chi connectivity index (χ4n) is 2.79. The van der Waals surface area contributed by atoms with E-state index in [0.717, 1.165) is 4.90 Å². The Labute approximate surface area is 160 Å². The minimum Gasteiger partial charge on any atom is -0.456 e. The van der Waals surface area contributed by atoms with Gasteiger partial charge < -0.3 is 10.1 Å². The van der Waals surface area contributed by atoms with Crippen LogP contribution < -0.4 is 5.32 Å². The van der Waals surface area contributed by atoms with Crippen molar-refractivity contribution in [2.45, 2.75) is 12.8 Å². The van der Waals surface area contributed by atoms with E-state index in [0.29, 0.717) is 11.1 Å². The van der Waals surface area contributed by atoms with Crippen LogP contribution in [0, 0.1) is 5.82 Å². The second-order valence-corrected chi connectivity index (χ2v) is 6.10. The largest absolute Gasteiger partial charge is 0.456 e. The number of benzene rings is 2. The van der Waals surface area contributed by atoms with Crippen molar-refractivity contribution in [2.75, 3.05) is 18.5 Å². The summed E-state index contributed by atoms with van der Waals surface area (Å²) in [6.45, 7) is -0.483. The Bertz CT molecular complexity index is 909. The molecular formula is C20H17FN2O5. The normalized spacial score (nSPS) is 12.7. The molecule has 0 spiro atoms. The molecular weight excluding hydrogens is 367 g/mol. The number of nitrogens with one attached hydrogen (secondary N) is 1. The maximum Gasteiger partial charge on any atom is 0.306 e. The summed E-state index contributed by atoms with van der Waals surface area (Å²) < 4.78 is 18.3. The van der Waals surface area contributed by atoms with Gasteiger partial charge in [0.25, 0.3) is 17.7 Å². The van der Waals surface area contributed by atoms with Gasteiger partial charge in [-0.15, -0.1) is 0 Å². The molecule has 0 fully saturated rings. The third-order valence-electron chi connectivity index (χ3n) is 4.15. The van der Waals surface area contributed by atoms with Crippen molar-refractivity contribution in [2.24, 2.45) is 0 Å². The fraction of sp³-hybridized carbons (Fsp3) is 0.200. The summed E-state index contributed by atoms with van der Waals surface area (Å²) in [5, 5.41) is 2.30. The first kappa shape index (κ1) is 19.2. The summed E-state index contributed by atoms with van der Waals surface area (Å²) in [7, 11) is 0. The maximum atomic E-state index is 13.4. The Balaban J connectivity index is 1.41. The molecule has 7 nitrogen and oxygen atoms in total. The highest BCUT2D eigenvalue weighted by Gasteiger charge is 2.34. The van der Waals surface area contributed by atoms with Gasteiger partial charge in [0.2, 0.25) is 0 Å². The van der Waals surface area contributed by atoms with Crippen molar-refractivity contribution < 1.29 is 28.3 Å². The molecule has 0 aliphatic carbocycles. The van der Waals surface area contributed by atoms with E-state index in [2.05, 4.69) is 5.32 Å². The van der Waals surface area contributed by atoms with E-state index >= 15 is 0 Å². The number of halogens is 1. The quantitative estimate of drug-likeness (QED) is 0.584. The van der Waals surface area contributed by atoms with Gasteiger partial charge in [-0.05, 0) is 30.7 Å². The van der Waals surface area contributed by atoms with Gasteiger partial charge in [-0.25, -0.2) is 4.39 Å². The molecule has 1 aliphatic rings. The molecule has 2 aromatic rings. The SMILES string of the molecule is O=C(COC(=O)CCCN1C(=O)c2ccccc2C1=O)Nc1ccccc1F. The van der Waals surface area contributed by atoms with E-state index in [1.54, 1.807) is 30.3 Å². The monoisotopic (exact) mass is 384 g/mol. The minimum atomic E-state index is -0.668. The minimum absolute atomic E-state index is 0.00540. The molecule has 0 radical (unpaired) electrons. The molecule has 3 amide bonds. The molecule has 0 bridgehead atoms. The smallest absolute Gasteiger partial charge is 0.306 e.